The van der Waals surface area contributed by atoms with Gasteiger partial charge in [-0.2, -0.15) is 0 Å². The molecule has 0 unspecified atom stereocenters. The third kappa shape index (κ3) is 6.43. The molecule has 7 heteroatoms. The SMILES string of the molecule is COc1ccc(C(=O)NCC(=O)OCCCOc2ccc(F)cc2)cc1. The number of benzene rings is 2. The molecule has 0 bridgehead atoms. The molecule has 138 valence electrons. The van der Waals surface area contributed by atoms with Gasteiger partial charge >= 0.3 is 5.97 Å². The zero-order chi connectivity index (χ0) is 18.8. The summed E-state index contributed by atoms with van der Waals surface area (Å²) >= 11 is 0. The summed E-state index contributed by atoms with van der Waals surface area (Å²) in [6.07, 6.45) is 0.482. The fourth-order valence-corrected chi connectivity index (χ4v) is 2.01. The zero-order valence-corrected chi connectivity index (χ0v) is 14.4. The van der Waals surface area contributed by atoms with Crippen molar-refractivity contribution in [3.8, 4) is 11.5 Å². The van der Waals surface area contributed by atoms with Gasteiger partial charge < -0.3 is 19.5 Å². The van der Waals surface area contributed by atoms with Gasteiger partial charge in [0.15, 0.2) is 0 Å². The number of rotatable bonds is 9. The molecule has 6 nitrogen and oxygen atoms in total. The summed E-state index contributed by atoms with van der Waals surface area (Å²) in [5.41, 5.74) is 0.422. The van der Waals surface area contributed by atoms with Gasteiger partial charge in [0, 0.05) is 12.0 Å². The molecule has 0 aromatic heterocycles. The Bertz CT molecular complexity index is 716. The highest BCUT2D eigenvalue weighted by atomic mass is 19.1. The van der Waals surface area contributed by atoms with E-state index in [1.165, 1.54) is 31.4 Å². The topological polar surface area (TPSA) is 73.9 Å². The highest BCUT2D eigenvalue weighted by Crippen LogP contribution is 2.12. The Kier molecular flexibility index (Phi) is 7.42. The Morgan fingerprint density at radius 2 is 1.62 bits per heavy atom. The van der Waals surface area contributed by atoms with Crippen LogP contribution in [0.2, 0.25) is 0 Å². The second-order valence-corrected chi connectivity index (χ2v) is 5.29. The van der Waals surface area contributed by atoms with Crippen molar-refractivity contribution in [2.24, 2.45) is 0 Å². The van der Waals surface area contributed by atoms with Crippen molar-refractivity contribution >= 4 is 11.9 Å². The molecular weight excluding hydrogens is 341 g/mol. The molecule has 0 fully saturated rings. The largest absolute Gasteiger partial charge is 0.497 e. The van der Waals surface area contributed by atoms with E-state index in [-0.39, 0.29) is 24.9 Å². The predicted octanol–water partition coefficient (Wildman–Crippen LogP) is 2.58. The Balaban J connectivity index is 1.59. The number of ether oxygens (including phenoxy) is 3. The van der Waals surface area contributed by atoms with E-state index in [0.29, 0.717) is 30.1 Å². The quantitative estimate of drug-likeness (QED) is 0.549. The Morgan fingerprint density at radius 3 is 2.27 bits per heavy atom. The van der Waals surface area contributed by atoms with Gasteiger partial charge in [0.2, 0.25) is 0 Å². The number of hydrogen-bond acceptors (Lipinski definition) is 5. The fourth-order valence-electron chi connectivity index (χ4n) is 2.01. The third-order valence-corrected chi connectivity index (χ3v) is 3.38. The van der Waals surface area contributed by atoms with Crippen LogP contribution >= 0.6 is 0 Å². The van der Waals surface area contributed by atoms with Gasteiger partial charge in [-0.3, -0.25) is 9.59 Å². The van der Waals surface area contributed by atoms with Gasteiger partial charge in [0.1, 0.15) is 23.9 Å². The first-order valence-electron chi connectivity index (χ1n) is 8.05. The second-order valence-electron chi connectivity index (χ2n) is 5.29. The molecule has 0 aliphatic heterocycles. The first-order valence-corrected chi connectivity index (χ1v) is 8.05. The molecule has 1 N–H and O–H groups in total. The molecule has 0 heterocycles. The maximum atomic E-state index is 12.7. The van der Waals surface area contributed by atoms with E-state index >= 15 is 0 Å². The highest BCUT2D eigenvalue weighted by Gasteiger charge is 2.09. The van der Waals surface area contributed by atoms with Crippen molar-refractivity contribution in [1.29, 1.82) is 0 Å². The summed E-state index contributed by atoms with van der Waals surface area (Å²) in [5, 5.41) is 2.49. The van der Waals surface area contributed by atoms with E-state index in [1.54, 1.807) is 24.3 Å². The number of carbonyl (C=O) groups excluding carboxylic acids is 2. The summed E-state index contributed by atoms with van der Waals surface area (Å²) in [6.45, 7) is 0.277. The summed E-state index contributed by atoms with van der Waals surface area (Å²) in [7, 11) is 1.54. The average molecular weight is 361 g/mol. The van der Waals surface area contributed by atoms with Crippen LogP contribution in [0.5, 0.6) is 11.5 Å². The van der Waals surface area contributed by atoms with Gasteiger partial charge in [0.05, 0.1) is 20.3 Å². The zero-order valence-electron chi connectivity index (χ0n) is 14.4. The Hall–Kier alpha value is -3.09. The lowest BCUT2D eigenvalue weighted by Gasteiger charge is -2.08. The molecule has 1 amide bonds. The van der Waals surface area contributed by atoms with E-state index in [1.807, 2.05) is 0 Å². The van der Waals surface area contributed by atoms with Crippen LogP contribution < -0.4 is 14.8 Å². The maximum absolute atomic E-state index is 12.7. The van der Waals surface area contributed by atoms with E-state index in [2.05, 4.69) is 5.32 Å². The van der Waals surface area contributed by atoms with E-state index in [9.17, 15) is 14.0 Å². The molecule has 2 aromatic rings. The van der Waals surface area contributed by atoms with Gasteiger partial charge in [-0.15, -0.1) is 0 Å². The monoisotopic (exact) mass is 361 g/mol. The number of esters is 1. The van der Waals surface area contributed by atoms with Gasteiger partial charge in [-0.25, -0.2) is 4.39 Å². The number of nitrogens with one attached hydrogen (secondary N) is 1. The van der Waals surface area contributed by atoms with Crippen LogP contribution in [0.15, 0.2) is 48.5 Å². The van der Waals surface area contributed by atoms with Crippen molar-refractivity contribution < 1.29 is 28.2 Å². The summed E-state index contributed by atoms with van der Waals surface area (Å²) in [4.78, 5) is 23.5. The molecule has 0 saturated carbocycles. The minimum Gasteiger partial charge on any atom is -0.497 e. The Labute approximate surface area is 150 Å². The molecule has 0 atom stereocenters. The lowest BCUT2D eigenvalue weighted by molar-refractivity contribution is -0.142. The summed E-state index contributed by atoms with van der Waals surface area (Å²) < 4.78 is 28.1. The Morgan fingerprint density at radius 1 is 0.962 bits per heavy atom. The molecule has 0 saturated heterocycles. The van der Waals surface area contributed by atoms with Crippen LogP contribution in [0.1, 0.15) is 16.8 Å². The van der Waals surface area contributed by atoms with Gasteiger partial charge in [-0.05, 0) is 48.5 Å². The van der Waals surface area contributed by atoms with Crippen LogP contribution in [0, 0.1) is 5.82 Å². The molecule has 0 spiro atoms. The lowest BCUT2D eigenvalue weighted by Crippen LogP contribution is -2.30. The predicted molar refractivity (Wildman–Crippen MR) is 92.8 cm³/mol. The smallest absolute Gasteiger partial charge is 0.325 e. The van der Waals surface area contributed by atoms with Crippen LogP contribution in [-0.2, 0) is 9.53 Å². The molecule has 2 rings (SSSR count). The second kappa shape index (κ2) is 10.0. The van der Waals surface area contributed by atoms with Crippen molar-refractivity contribution in [3.05, 3.63) is 59.9 Å². The van der Waals surface area contributed by atoms with Crippen molar-refractivity contribution in [1.82, 2.24) is 5.32 Å². The number of carbonyl (C=O) groups is 2. The highest BCUT2D eigenvalue weighted by molar-refractivity contribution is 5.95. The maximum Gasteiger partial charge on any atom is 0.325 e. The van der Waals surface area contributed by atoms with Gasteiger partial charge in [0.25, 0.3) is 5.91 Å². The number of halogens is 1. The minimum atomic E-state index is -0.534. The summed E-state index contributed by atoms with van der Waals surface area (Å²) in [5.74, 6) is -0.0471. The lowest BCUT2D eigenvalue weighted by atomic mass is 10.2. The van der Waals surface area contributed by atoms with E-state index < -0.39 is 5.97 Å². The molecular formula is C19H20FNO5. The normalized spacial score (nSPS) is 10.1. The van der Waals surface area contributed by atoms with Crippen LogP contribution in [-0.4, -0.2) is 38.7 Å². The van der Waals surface area contributed by atoms with Crippen molar-refractivity contribution in [2.45, 2.75) is 6.42 Å². The van der Waals surface area contributed by atoms with Crippen LogP contribution in [0.4, 0.5) is 4.39 Å². The fraction of sp³-hybridized carbons (Fsp3) is 0.263. The van der Waals surface area contributed by atoms with Crippen molar-refractivity contribution in [3.63, 3.8) is 0 Å². The third-order valence-electron chi connectivity index (χ3n) is 3.38. The van der Waals surface area contributed by atoms with Crippen LogP contribution in [0.3, 0.4) is 0 Å². The number of amides is 1. The average Bonchev–Trinajstić information content (AvgIpc) is 2.67. The number of hydrogen-bond donors (Lipinski definition) is 1. The molecule has 26 heavy (non-hydrogen) atoms. The minimum absolute atomic E-state index is 0.165. The molecule has 0 radical (unpaired) electrons. The molecule has 0 aliphatic rings. The van der Waals surface area contributed by atoms with Crippen LogP contribution in [0.25, 0.3) is 0 Å². The first kappa shape index (κ1) is 19.2. The van der Waals surface area contributed by atoms with E-state index in [0.717, 1.165) is 0 Å². The molecule has 0 aliphatic carbocycles. The van der Waals surface area contributed by atoms with E-state index in [4.69, 9.17) is 14.2 Å². The molecule has 2 aromatic carbocycles. The standard InChI is InChI=1S/C19H20FNO5/c1-24-16-7-3-14(4-8-16)19(23)21-13-18(22)26-12-2-11-25-17-9-5-15(20)6-10-17/h3-10H,2,11-13H2,1H3,(H,21,23). The summed E-state index contributed by atoms with van der Waals surface area (Å²) in [6, 6.07) is 12.2. The number of methoxy groups -OCH3 is 1. The first-order chi connectivity index (χ1) is 12.6. The van der Waals surface area contributed by atoms with Crippen molar-refractivity contribution in [2.75, 3.05) is 26.9 Å². The van der Waals surface area contributed by atoms with Gasteiger partial charge in [-0.1, -0.05) is 0 Å².